The number of nitrogens with zero attached hydrogens (tertiary/aromatic N) is 2. The summed E-state index contributed by atoms with van der Waals surface area (Å²) in [6.07, 6.45) is 5.52. The largest absolute Gasteiger partial charge is 0.385 e. The Kier molecular flexibility index (Phi) is 2.63. The molecule has 0 amide bonds. The molecule has 0 aliphatic carbocycles. The first-order valence-electron chi connectivity index (χ1n) is 6.14. The number of nitrogens with one attached hydrogen (secondary N) is 1. The van der Waals surface area contributed by atoms with Gasteiger partial charge in [0.05, 0.1) is 11.8 Å². The molecule has 1 aliphatic heterocycles. The van der Waals surface area contributed by atoms with Gasteiger partial charge in [0, 0.05) is 31.0 Å². The third-order valence-corrected chi connectivity index (χ3v) is 3.27. The van der Waals surface area contributed by atoms with Crippen LogP contribution in [0.1, 0.15) is 27.9 Å². The van der Waals surface area contributed by atoms with Crippen LogP contribution in [0.4, 0.5) is 5.69 Å². The lowest BCUT2D eigenvalue weighted by atomic mass is 9.98. The van der Waals surface area contributed by atoms with Gasteiger partial charge < -0.3 is 5.32 Å². The van der Waals surface area contributed by atoms with E-state index in [0.29, 0.717) is 5.56 Å². The van der Waals surface area contributed by atoms with Gasteiger partial charge >= 0.3 is 0 Å². The molecule has 92 valence electrons. The molecule has 4 heteroatoms. The van der Waals surface area contributed by atoms with Crippen LogP contribution in [0.15, 0.2) is 30.6 Å². The van der Waals surface area contributed by atoms with Crippen molar-refractivity contribution in [1.82, 2.24) is 9.78 Å². The van der Waals surface area contributed by atoms with Crippen LogP contribution in [-0.4, -0.2) is 22.1 Å². The maximum atomic E-state index is 12.3. The first-order chi connectivity index (χ1) is 8.74. The lowest BCUT2D eigenvalue weighted by Crippen LogP contribution is -2.12. The molecule has 0 unspecified atom stereocenters. The topological polar surface area (TPSA) is 46.9 Å². The zero-order valence-corrected chi connectivity index (χ0v) is 10.3. The van der Waals surface area contributed by atoms with E-state index >= 15 is 0 Å². The summed E-state index contributed by atoms with van der Waals surface area (Å²) in [6, 6.07) is 5.88. The third kappa shape index (κ3) is 1.90. The number of fused-ring (bicyclic) bond motifs is 1. The van der Waals surface area contributed by atoms with Gasteiger partial charge in [-0.2, -0.15) is 5.10 Å². The monoisotopic (exact) mass is 241 g/mol. The molecule has 0 saturated carbocycles. The summed E-state index contributed by atoms with van der Waals surface area (Å²) < 4.78 is 1.65. The van der Waals surface area contributed by atoms with Crippen LogP contribution in [0.2, 0.25) is 0 Å². The third-order valence-electron chi connectivity index (χ3n) is 3.27. The molecule has 2 aromatic rings. The number of carbonyl (C=O) groups is 1. The Bertz CT molecular complexity index is 601. The molecule has 2 heterocycles. The predicted octanol–water partition coefficient (Wildman–Crippen LogP) is 2.01. The molecule has 0 fully saturated rings. The molecule has 3 rings (SSSR count). The van der Waals surface area contributed by atoms with Gasteiger partial charge in [-0.05, 0) is 36.6 Å². The quantitative estimate of drug-likeness (QED) is 0.818. The molecule has 0 saturated heterocycles. The molecule has 0 atom stereocenters. The van der Waals surface area contributed by atoms with E-state index in [2.05, 4.69) is 10.4 Å². The first-order valence-corrected chi connectivity index (χ1v) is 6.14. The van der Waals surface area contributed by atoms with Gasteiger partial charge in [0.2, 0.25) is 0 Å². The highest BCUT2D eigenvalue weighted by Gasteiger charge is 2.14. The molecular formula is C14H15N3O. The Morgan fingerprint density at radius 1 is 1.39 bits per heavy atom. The van der Waals surface area contributed by atoms with Crippen molar-refractivity contribution >= 4 is 11.5 Å². The van der Waals surface area contributed by atoms with Crippen LogP contribution in [0.3, 0.4) is 0 Å². The van der Waals surface area contributed by atoms with E-state index in [1.165, 1.54) is 5.56 Å². The number of hydrogen-bond donors (Lipinski definition) is 1. The summed E-state index contributed by atoms with van der Waals surface area (Å²) in [5, 5.41) is 7.38. The first kappa shape index (κ1) is 11.0. The highest BCUT2D eigenvalue weighted by atomic mass is 16.1. The molecule has 1 aromatic heterocycles. The molecule has 0 spiro atoms. The van der Waals surface area contributed by atoms with Crippen molar-refractivity contribution in [2.45, 2.75) is 12.8 Å². The van der Waals surface area contributed by atoms with E-state index in [0.717, 1.165) is 30.6 Å². The maximum absolute atomic E-state index is 12.3. The Hall–Kier alpha value is -2.10. The van der Waals surface area contributed by atoms with Crippen molar-refractivity contribution in [2.75, 3.05) is 11.9 Å². The summed E-state index contributed by atoms with van der Waals surface area (Å²) >= 11 is 0. The van der Waals surface area contributed by atoms with Gasteiger partial charge in [-0.3, -0.25) is 9.48 Å². The molecule has 1 aliphatic rings. The van der Waals surface area contributed by atoms with Crippen molar-refractivity contribution < 1.29 is 4.79 Å². The van der Waals surface area contributed by atoms with Crippen LogP contribution in [0.25, 0.3) is 0 Å². The second kappa shape index (κ2) is 4.29. The standard InChI is InChI=1S/C14H15N3O/c1-17-9-12(8-16-17)14(18)11-4-5-13-10(7-11)3-2-6-15-13/h4-5,7-9,15H,2-3,6H2,1H3. The Morgan fingerprint density at radius 2 is 2.28 bits per heavy atom. The van der Waals surface area contributed by atoms with Gasteiger partial charge in [-0.15, -0.1) is 0 Å². The molecule has 0 radical (unpaired) electrons. The lowest BCUT2D eigenvalue weighted by Gasteiger charge is -2.18. The summed E-state index contributed by atoms with van der Waals surface area (Å²) in [5.74, 6) is 0.0384. The van der Waals surface area contributed by atoms with Crippen molar-refractivity contribution in [1.29, 1.82) is 0 Å². The van der Waals surface area contributed by atoms with Crippen LogP contribution in [0, 0.1) is 0 Å². The fourth-order valence-electron chi connectivity index (χ4n) is 2.32. The molecule has 1 N–H and O–H groups in total. The summed E-state index contributed by atoms with van der Waals surface area (Å²) in [4.78, 5) is 12.3. The van der Waals surface area contributed by atoms with Crippen LogP contribution < -0.4 is 5.32 Å². The second-order valence-electron chi connectivity index (χ2n) is 4.63. The number of benzene rings is 1. The lowest BCUT2D eigenvalue weighted by molar-refractivity contribution is 0.103. The predicted molar refractivity (Wildman–Crippen MR) is 69.9 cm³/mol. The fourth-order valence-corrected chi connectivity index (χ4v) is 2.32. The number of hydrogen-bond acceptors (Lipinski definition) is 3. The fraction of sp³-hybridized carbons (Fsp3) is 0.286. The molecule has 0 bridgehead atoms. The minimum absolute atomic E-state index is 0.0384. The molecular weight excluding hydrogens is 226 g/mol. The van der Waals surface area contributed by atoms with Gasteiger partial charge in [0.15, 0.2) is 5.78 Å². The van der Waals surface area contributed by atoms with Gasteiger partial charge in [0.1, 0.15) is 0 Å². The number of carbonyl (C=O) groups excluding carboxylic acids is 1. The minimum Gasteiger partial charge on any atom is -0.385 e. The maximum Gasteiger partial charge on any atom is 0.196 e. The van der Waals surface area contributed by atoms with Crippen molar-refractivity contribution in [3.05, 3.63) is 47.3 Å². The SMILES string of the molecule is Cn1cc(C(=O)c2ccc3c(c2)CCCN3)cn1. The Morgan fingerprint density at radius 3 is 3.06 bits per heavy atom. The Labute approximate surface area is 106 Å². The number of rotatable bonds is 2. The van der Waals surface area contributed by atoms with Crippen molar-refractivity contribution in [3.8, 4) is 0 Å². The van der Waals surface area contributed by atoms with E-state index in [1.807, 2.05) is 25.2 Å². The zero-order chi connectivity index (χ0) is 12.5. The molecule has 4 nitrogen and oxygen atoms in total. The zero-order valence-electron chi connectivity index (χ0n) is 10.3. The average molecular weight is 241 g/mol. The summed E-state index contributed by atoms with van der Waals surface area (Å²) in [5.41, 5.74) is 3.77. The van der Waals surface area contributed by atoms with Crippen molar-refractivity contribution in [3.63, 3.8) is 0 Å². The van der Waals surface area contributed by atoms with Crippen molar-refractivity contribution in [2.24, 2.45) is 7.05 Å². The second-order valence-corrected chi connectivity index (χ2v) is 4.63. The van der Waals surface area contributed by atoms with E-state index in [9.17, 15) is 4.79 Å². The van der Waals surface area contributed by atoms with E-state index in [4.69, 9.17) is 0 Å². The van der Waals surface area contributed by atoms with Gasteiger partial charge in [-0.25, -0.2) is 0 Å². The van der Waals surface area contributed by atoms with Crippen LogP contribution in [0.5, 0.6) is 0 Å². The number of anilines is 1. The van der Waals surface area contributed by atoms with E-state index in [-0.39, 0.29) is 5.78 Å². The summed E-state index contributed by atoms with van der Waals surface area (Å²) in [7, 11) is 1.81. The van der Waals surface area contributed by atoms with E-state index in [1.54, 1.807) is 17.1 Å². The highest BCUT2D eigenvalue weighted by Crippen LogP contribution is 2.24. The number of aryl methyl sites for hydroxylation is 2. The smallest absolute Gasteiger partial charge is 0.196 e. The van der Waals surface area contributed by atoms with Crippen LogP contribution >= 0.6 is 0 Å². The number of ketones is 1. The molecule has 1 aromatic carbocycles. The average Bonchev–Trinajstić information content (AvgIpc) is 2.84. The Balaban J connectivity index is 1.95. The summed E-state index contributed by atoms with van der Waals surface area (Å²) in [6.45, 7) is 1.02. The minimum atomic E-state index is 0.0384. The number of aromatic nitrogens is 2. The van der Waals surface area contributed by atoms with Gasteiger partial charge in [0.25, 0.3) is 0 Å². The van der Waals surface area contributed by atoms with Crippen LogP contribution in [-0.2, 0) is 13.5 Å². The highest BCUT2D eigenvalue weighted by molar-refractivity contribution is 6.09. The van der Waals surface area contributed by atoms with E-state index < -0.39 is 0 Å². The normalized spacial score (nSPS) is 13.8. The molecule has 18 heavy (non-hydrogen) atoms. The van der Waals surface area contributed by atoms with Gasteiger partial charge in [-0.1, -0.05) is 0 Å².